The highest BCUT2D eigenvalue weighted by molar-refractivity contribution is 4.96. The van der Waals surface area contributed by atoms with Crippen molar-refractivity contribution in [2.24, 2.45) is 5.41 Å². The van der Waals surface area contributed by atoms with Crippen LogP contribution in [0.2, 0.25) is 0 Å². The smallest absolute Gasteiger partial charge is 0.0153 e. The van der Waals surface area contributed by atoms with Crippen molar-refractivity contribution in [3.05, 3.63) is 0 Å². The van der Waals surface area contributed by atoms with Gasteiger partial charge in [0.2, 0.25) is 0 Å². The van der Waals surface area contributed by atoms with Crippen molar-refractivity contribution in [3.8, 4) is 0 Å². The number of likely N-dealkylation sites (tertiary alicyclic amines) is 1. The van der Waals surface area contributed by atoms with Crippen molar-refractivity contribution in [2.75, 3.05) is 19.6 Å². The second-order valence-corrected chi connectivity index (χ2v) is 8.05. The Balaban J connectivity index is 1.63. The highest BCUT2D eigenvalue weighted by Crippen LogP contribution is 2.40. The molecule has 1 aliphatic heterocycles. The van der Waals surface area contributed by atoms with Crippen LogP contribution in [0.15, 0.2) is 0 Å². The summed E-state index contributed by atoms with van der Waals surface area (Å²) in [6.07, 6.45) is 12.9. The van der Waals surface area contributed by atoms with Gasteiger partial charge in [0.25, 0.3) is 0 Å². The van der Waals surface area contributed by atoms with Crippen LogP contribution in [0.3, 0.4) is 0 Å². The van der Waals surface area contributed by atoms with Crippen LogP contribution in [0.4, 0.5) is 0 Å². The van der Waals surface area contributed by atoms with E-state index in [-0.39, 0.29) is 0 Å². The van der Waals surface area contributed by atoms with E-state index in [0.717, 1.165) is 6.04 Å². The van der Waals surface area contributed by atoms with Crippen LogP contribution in [-0.2, 0) is 0 Å². The Kier molecular flexibility index (Phi) is 3.92. The molecule has 2 aliphatic carbocycles. The summed E-state index contributed by atoms with van der Waals surface area (Å²) < 4.78 is 0. The topological polar surface area (TPSA) is 15.3 Å². The van der Waals surface area contributed by atoms with Gasteiger partial charge in [-0.05, 0) is 64.3 Å². The molecule has 3 rings (SSSR count). The fourth-order valence-corrected chi connectivity index (χ4v) is 4.20. The Bertz CT molecular complexity index is 300. The Morgan fingerprint density at radius 2 is 1.74 bits per heavy atom. The largest absolute Gasteiger partial charge is 0.313 e. The first-order valence-electron chi connectivity index (χ1n) is 8.58. The lowest BCUT2D eigenvalue weighted by atomic mass is 9.73. The predicted octanol–water partition coefficient (Wildman–Crippen LogP) is 3.56. The zero-order chi connectivity index (χ0) is 13.3. The second kappa shape index (κ2) is 5.37. The molecule has 0 unspecified atom stereocenters. The Labute approximate surface area is 119 Å². The molecule has 19 heavy (non-hydrogen) atoms. The monoisotopic (exact) mass is 264 g/mol. The molecular formula is C17H32N2. The van der Waals surface area contributed by atoms with Crippen molar-refractivity contribution >= 4 is 0 Å². The minimum absolute atomic E-state index is 0.448. The summed E-state index contributed by atoms with van der Waals surface area (Å²) in [5.74, 6) is 0. The maximum Gasteiger partial charge on any atom is 0.0153 e. The van der Waals surface area contributed by atoms with Gasteiger partial charge in [0.15, 0.2) is 0 Å². The first-order chi connectivity index (χ1) is 9.10. The van der Waals surface area contributed by atoms with Crippen molar-refractivity contribution < 1.29 is 0 Å². The number of nitrogens with one attached hydrogen (secondary N) is 1. The van der Waals surface area contributed by atoms with Crippen LogP contribution in [-0.4, -0.2) is 36.1 Å². The van der Waals surface area contributed by atoms with Crippen molar-refractivity contribution in [2.45, 2.75) is 83.2 Å². The standard InChI is InChI=1S/C17H32N2/c1-16(2)9-6-12-19(16)14-17(10-4-3-5-11-17)13-18-15-7-8-15/h15,18H,3-14H2,1-2H3. The molecule has 2 nitrogen and oxygen atoms in total. The van der Waals surface area contributed by atoms with Gasteiger partial charge in [-0.3, -0.25) is 4.90 Å². The molecular weight excluding hydrogens is 232 g/mol. The highest BCUT2D eigenvalue weighted by atomic mass is 15.2. The average Bonchev–Trinajstić information content (AvgIpc) is 3.15. The molecule has 0 aromatic carbocycles. The Hall–Kier alpha value is -0.0800. The maximum atomic E-state index is 3.84. The van der Waals surface area contributed by atoms with Crippen LogP contribution >= 0.6 is 0 Å². The molecule has 0 atom stereocenters. The summed E-state index contributed by atoms with van der Waals surface area (Å²) in [7, 11) is 0. The number of nitrogens with zero attached hydrogens (tertiary/aromatic N) is 1. The molecule has 0 bridgehead atoms. The number of hydrogen-bond donors (Lipinski definition) is 1. The molecule has 0 radical (unpaired) electrons. The first kappa shape index (κ1) is 13.9. The van der Waals surface area contributed by atoms with Gasteiger partial charge in [-0.1, -0.05) is 19.3 Å². The van der Waals surface area contributed by atoms with E-state index < -0.39 is 0 Å². The third-order valence-corrected chi connectivity index (χ3v) is 5.86. The van der Waals surface area contributed by atoms with Crippen molar-refractivity contribution in [1.29, 1.82) is 0 Å². The van der Waals surface area contributed by atoms with Crippen LogP contribution < -0.4 is 5.32 Å². The lowest BCUT2D eigenvalue weighted by Gasteiger charge is -2.44. The predicted molar refractivity (Wildman–Crippen MR) is 81.4 cm³/mol. The second-order valence-electron chi connectivity index (χ2n) is 8.05. The van der Waals surface area contributed by atoms with E-state index in [4.69, 9.17) is 0 Å². The number of hydrogen-bond acceptors (Lipinski definition) is 2. The minimum atomic E-state index is 0.448. The van der Waals surface area contributed by atoms with E-state index in [9.17, 15) is 0 Å². The SMILES string of the molecule is CC1(C)CCCN1CC1(CNC2CC2)CCCCC1. The van der Waals surface area contributed by atoms with E-state index in [2.05, 4.69) is 24.1 Å². The van der Waals surface area contributed by atoms with Gasteiger partial charge in [-0.25, -0.2) is 0 Å². The van der Waals surface area contributed by atoms with Crippen LogP contribution in [0.5, 0.6) is 0 Å². The van der Waals surface area contributed by atoms with Crippen LogP contribution in [0, 0.1) is 5.41 Å². The van der Waals surface area contributed by atoms with Crippen molar-refractivity contribution in [3.63, 3.8) is 0 Å². The zero-order valence-electron chi connectivity index (χ0n) is 13.0. The summed E-state index contributed by atoms with van der Waals surface area (Å²) in [5.41, 5.74) is 1.03. The summed E-state index contributed by atoms with van der Waals surface area (Å²) >= 11 is 0. The summed E-state index contributed by atoms with van der Waals surface area (Å²) in [4.78, 5) is 2.80. The molecule has 2 heteroatoms. The van der Waals surface area contributed by atoms with Gasteiger partial charge in [-0.2, -0.15) is 0 Å². The van der Waals surface area contributed by atoms with E-state index in [1.807, 2.05) is 0 Å². The molecule has 3 fully saturated rings. The number of rotatable bonds is 5. The molecule has 3 aliphatic rings. The van der Waals surface area contributed by atoms with E-state index >= 15 is 0 Å². The third-order valence-electron chi connectivity index (χ3n) is 5.86. The van der Waals surface area contributed by atoms with Gasteiger partial charge in [0, 0.05) is 24.7 Å². The molecule has 0 aromatic heterocycles. The molecule has 0 spiro atoms. The summed E-state index contributed by atoms with van der Waals surface area (Å²) in [6, 6.07) is 0.866. The van der Waals surface area contributed by atoms with Gasteiger partial charge < -0.3 is 5.32 Å². The van der Waals surface area contributed by atoms with Gasteiger partial charge in [0.05, 0.1) is 0 Å². The van der Waals surface area contributed by atoms with Gasteiger partial charge in [0.1, 0.15) is 0 Å². The zero-order valence-corrected chi connectivity index (χ0v) is 13.0. The molecule has 2 saturated carbocycles. The van der Waals surface area contributed by atoms with Crippen LogP contribution in [0.25, 0.3) is 0 Å². The minimum Gasteiger partial charge on any atom is -0.313 e. The Morgan fingerprint density at radius 1 is 1.00 bits per heavy atom. The maximum absolute atomic E-state index is 3.84. The lowest BCUT2D eigenvalue weighted by Crippen LogP contribution is -2.50. The lowest BCUT2D eigenvalue weighted by molar-refractivity contribution is 0.0651. The molecule has 110 valence electrons. The third kappa shape index (κ3) is 3.33. The fourth-order valence-electron chi connectivity index (χ4n) is 4.20. The molecule has 1 N–H and O–H groups in total. The van der Waals surface area contributed by atoms with Gasteiger partial charge >= 0.3 is 0 Å². The summed E-state index contributed by atoms with van der Waals surface area (Å²) in [6.45, 7) is 8.86. The van der Waals surface area contributed by atoms with Gasteiger partial charge in [-0.15, -0.1) is 0 Å². The average molecular weight is 264 g/mol. The molecule has 0 amide bonds. The van der Waals surface area contributed by atoms with E-state index in [1.165, 1.54) is 77.4 Å². The molecule has 1 heterocycles. The fraction of sp³-hybridized carbons (Fsp3) is 1.00. The van der Waals surface area contributed by atoms with E-state index in [0.29, 0.717) is 11.0 Å². The van der Waals surface area contributed by atoms with Crippen molar-refractivity contribution in [1.82, 2.24) is 10.2 Å². The highest BCUT2D eigenvalue weighted by Gasteiger charge is 2.40. The quantitative estimate of drug-likeness (QED) is 0.817. The van der Waals surface area contributed by atoms with Crippen LogP contribution in [0.1, 0.15) is 71.6 Å². The Morgan fingerprint density at radius 3 is 2.32 bits per heavy atom. The van der Waals surface area contributed by atoms with E-state index in [1.54, 1.807) is 0 Å². The first-order valence-corrected chi connectivity index (χ1v) is 8.58. The summed E-state index contributed by atoms with van der Waals surface area (Å²) in [5, 5.41) is 3.84. The molecule has 0 aromatic rings. The normalized spacial score (nSPS) is 30.6. The molecule has 1 saturated heterocycles.